The lowest BCUT2D eigenvalue weighted by molar-refractivity contribution is 0.799. The van der Waals surface area contributed by atoms with Gasteiger partial charge in [-0.1, -0.05) is 23.8 Å². The lowest BCUT2D eigenvalue weighted by Crippen LogP contribution is -2.25. The molecule has 1 aromatic heterocycles. The molecule has 0 amide bonds. The van der Waals surface area contributed by atoms with Gasteiger partial charge in [-0.2, -0.15) is 0 Å². The Labute approximate surface area is 123 Å². The summed E-state index contributed by atoms with van der Waals surface area (Å²) in [7, 11) is 0. The van der Waals surface area contributed by atoms with Crippen LogP contribution in [0.3, 0.4) is 0 Å². The number of anilines is 1. The molecule has 0 bridgehead atoms. The molecule has 2 aromatic rings. The summed E-state index contributed by atoms with van der Waals surface area (Å²) in [5.74, 6) is 0.588. The smallest absolute Gasteiger partial charge is 0.0526 e. The number of hydrogen-bond acceptors (Lipinski definition) is 2. The van der Waals surface area contributed by atoms with Gasteiger partial charge in [0.1, 0.15) is 0 Å². The van der Waals surface area contributed by atoms with Crippen LogP contribution < -0.4 is 4.90 Å². The van der Waals surface area contributed by atoms with E-state index in [0.29, 0.717) is 11.9 Å². The van der Waals surface area contributed by atoms with Crippen LogP contribution in [0.5, 0.6) is 0 Å². The Balaban J connectivity index is 1.91. The molecule has 1 nitrogen and oxygen atoms in total. The van der Waals surface area contributed by atoms with Crippen molar-refractivity contribution in [3.05, 3.63) is 51.7 Å². The topological polar surface area (TPSA) is 3.24 Å². The van der Waals surface area contributed by atoms with Gasteiger partial charge >= 0.3 is 0 Å². The van der Waals surface area contributed by atoms with E-state index in [2.05, 4.69) is 47.5 Å². The fraction of sp³-hybridized carbons (Fsp3) is 0.375. The Morgan fingerprint density at radius 2 is 2.16 bits per heavy atom. The molecule has 1 aromatic carbocycles. The number of halogens is 1. The lowest BCUT2D eigenvalue weighted by atomic mass is 10.1. The van der Waals surface area contributed by atoms with Crippen molar-refractivity contribution in [2.75, 3.05) is 4.90 Å². The van der Waals surface area contributed by atoms with Crippen LogP contribution in [0.25, 0.3) is 0 Å². The molecule has 1 aliphatic rings. The quantitative estimate of drug-likeness (QED) is 0.704. The third-order valence-corrected chi connectivity index (χ3v) is 4.73. The molecule has 3 heteroatoms. The van der Waals surface area contributed by atoms with E-state index in [1.54, 1.807) is 0 Å². The second-order valence-corrected chi connectivity index (χ2v) is 6.50. The maximum Gasteiger partial charge on any atom is 0.0526 e. The summed E-state index contributed by atoms with van der Waals surface area (Å²) in [6.45, 7) is 3.13. The summed E-state index contributed by atoms with van der Waals surface area (Å²) in [6, 6.07) is 11.7. The number of rotatable bonds is 5. The molecule has 3 rings (SSSR count). The molecule has 0 saturated heterocycles. The molecule has 19 heavy (non-hydrogen) atoms. The summed E-state index contributed by atoms with van der Waals surface area (Å²) in [6.07, 6.45) is 2.61. The van der Waals surface area contributed by atoms with Gasteiger partial charge in [0.05, 0.1) is 6.54 Å². The normalized spacial score (nSPS) is 14.6. The van der Waals surface area contributed by atoms with E-state index in [0.717, 1.165) is 6.54 Å². The van der Waals surface area contributed by atoms with Crippen molar-refractivity contribution >= 4 is 28.6 Å². The van der Waals surface area contributed by atoms with E-state index in [-0.39, 0.29) is 0 Å². The minimum absolute atomic E-state index is 0.588. The molecular formula is C16H18ClNS. The Bertz CT molecular complexity index is 546. The first-order valence-electron chi connectivity index (χ1n) is 6.72. The highest BCUT2D eigenvalue weighted by Gasteiger charge is 2.30. The van der Waals surface area contributed by atoms with E-state index < -0.39 is 0 Å². The summed E-state index contributed by atoms with van der Waals surface area (Å²) in [5, 5.41) is 2.15. The number of benzene rings is 1. The molecule has 0 atom stereocenters. The van der Waals surface area contributed by atoms with Gasteiger partial charge in [-0.05, 0) is 42.8 Å². The lowest BCUT2D eigenvalue weighted by Gasteiger charge is -2.26. The summed E-state index contributed by atoms with van der Waals surface area (Å²) >= 11 is 7.96. The Kier molecular flexibility index (Phi) is 3.81. The molecule has 1 fully saturated rings. The Morgan fingerprint density at radius 3 is 2.79 bits per heavy atom. The highest BCUT2D eigenvalue weighted by Crippen LogP contribution is 2.36. The molecular weight excluding hydrogens is 274 g/mol. The van der Waals surface area contributed by atoms with Crippen LogP contribution in [0.1, 0.15) is 28.8 Å². The van der Waals surface area contributed by atoms with Crippen molar-refractivity contribution in [1.82, 2.24) is 0 Å². The molecule has 100 valence electrons. The van der Waals surface area contributed by atoms with Crippen molar-refractivity contribution in [2.24, 2.45) is 0 Å². The zero-order valence-corrected chi connectivity index (χ0v) is 12.7. The van der Waals surface area contributed by atoms with Crippen LogP contribution in [0.2, 0.25) is 0 Å². The van der Waals surface area contributed by atoms with E-state index in [4.69, 9.17) is 11.6 Å². The van der Waals surface area contributed by atoms with Crippen LogP contribution in [-0.2, 0) is 12.4 Å². The number of hydrogen-bond donors (Lipinski definition) is 0. The molecule has 0 N–H and O–H groups in total. The van der Waals surface area contributed by atoms with Crippen molar-refractivity contribution in [2.45, 2.75) is 38.2 Å². The van der Waals surface area contributed by atoms with Crippen LogP contribution in [0, 0.1) is 6.92 Å². The van der Waals surface area contributed by atoms with Gasteiger partial charge in [0.2, 0.25) is 0 Å². The van der Waals surface area contributed by atoms with Gasteiger partial charge in [0.25, 0.3) is 0 Å². The summed E-state index contributed by atoms with van der Waals surface area (Å²) < 4.78 is 0. The van der Waals surface area contributed by atoms with E-state index in [9.17, 15) is 0 Å². The predicted molar refractivity (Wildman–Crippen MR) is 84.3 cm³/mol. The second kappa shape index (κ2) is 5.56. The number of nitrogens with zero attached hydrogens (tertiary/aromatic N) is 1. The molecule has 0 radical (unpaired) electrons. The minimum atomic E-state index is 0.588. The minimum Gasteiger partial charge on any atom is -0.363 e. The summed E-state index contributed by atoms with van der Waals surface area (Å²) in [4.78, 5) is 3.95. The van der Waals surface area contributed by atoms with E-state index in [1.807, 2.05) is 11.3 Å². The van der Waals surface area contributed by atoms with Gasteiger partial charge in [-0.25, -0.2) is 0 Å². The van der Waals surface area contributed by atoms with Gasteiger partial charge in [0, 0.05) is 22.5 Å². The highest BCUT2D eigenvalue weighted by atomic mass is 35.5. The van der Waals surface area contributed by atoms with Crippen LogP contribution in [0.4, 0.5) is 5.69 Å². The third kappa shape index (κ3) is 2.96. The van der Waals surface area contributed by atoms with Gasteiger partial charge in [0.15, 0.2) is 0 Å². The first-order chi connectivity index (χ1) is 9.28. The van der Waals surface area contributed by atoms with Crippen molar-refractivity contribution in [3.63, 3.8) is 0 Å². The molecule has 0 unspecified atom stereocenters. The first-order valence-corrected chi connectivity index (χ1v) is 8.14. The maximum atomic E-state index is 6.13. The zero-order chi connectivity index (χ0) is 13.2. The fourth-order valence-electron chi connectivity index (χ4n) is 2.47. The first kappa shape index (κ1) is 13.0. The predicted octanol–water partition coefficient (Wildman–Crippen LogP) is 4.96. The van der Waals surface area contributed by atoms with Crippen molar-refractivity contribution < 1.29 is 0 Å². The number of aryl methyl sites for hydroxylation is 1. The third-order valence-electron chi connectivity index (χ3n) is 3.58. The average Bonchev–Trinajstić information content (AvgIpc) is 3.13. The average molecular weight is 292 g/mol. The highest BCUT2D eigenvalue weighted by molar-refractivity contribution is 7.09. The standard InChI is InChI=1S/C16H18ClNS/c1-12-4-7-16(13(9-12)10-17)18(14-5-6-14)11-15-3-2-8-19-15/h2-4,7-9,14H,5-6,10-11H2,1H3. The molecule has 1 saturated carbocycles. The SMILES string of the molecule is Cc1ccc(N(Cc2cccs2)C2CC2)c(CCl)c1. The summed E-state index contributed by atoms with van der Waals surface area (Å²) in [5.41, 5.74) is 3.85. The Morgan fingerprint density at radius 1 is 1.32 bits per heavy atom. The molecule has 1 heterocycles. The van der Waals surface area contributed by atoms with Crippen molar-refractivity contribution in [3.8, 4) is 0 Å². The monoisotopic (exact) mass is 291 g/mol. The van der Waals surface area contributed by atoms with E-state index >= 15 is 0 Å². The largest absolute Gasteiger partial charge is 0.363 e. The van der Waals surface area contributed by atoms with Crippen LogP contribution in [-0.4, -0.2) is 6.04 Å². The molecule has 1 aliphatic carbocycles. The van der Waals surface area contributed by atoms with Crippen LogP contribution >= 0.6 is 22.9 Å². The van der Waals surface area contributed by atoms with Crippen LogP contribution in [0.15, 0.2) is 35.7 Å². The molecule has 0 aliphatic heterocycles. The second-order valence-electron chi connectivity index (χ2n) is 5.20. The van der Waals surface area contributed by atoms with Gasteiger partial charge in [-0.3, -0.25) is 0 Å². The zero-order valence-electron chi connectivity index (χ0n) is 11.1. The van der Waals surface area contributed by atoms with E-state index in [1.165, 1.54) is 34.5 Å². The maximum absolute atomic E-state index is 6.13. The number of thiophene rings is 1. The van der Waals surface area contributed by atoms with Gasteiger partial charge in [-0.15, -0.1) is 22.9 Å². The molecule has 0 spiro atoms. The Hall–Kier alpha value is -0.990. The van der Waals surface area contributed by atoms with Crippen molar-refractivity contribution in [1.29, 1.82) is 0 Å². The fourth-order valence-corrected chi connectivity index (χ4v) is 3.39. The van der Waals surface area contributed by atoms with Gasteiger partial charge < -0.3 is 4.90 Å². The number of alkyl halides is 1.